The van der Waals surface area contributed by atoms with E-state index in [-0.39, 0.29) is 5.11 Å². The zero-order valence-electron chi connectivity index (χ0n) is 17.3. The maximum atomic E-state index is 12.7. The van der Waals surface area contributed by atoms with E-state index in [2.05, 4.69) is 23.6 Å². The molecule has 2 N–H and O–H groups in total. The Kier molecular flexibility index (Phi) is 6.80. The number of anilines is 1. The number of nitrogens with zero attached hydrogens (tertiary/aromatic N) is 1. The minimum absolute atomic E-state index is 0.122. The first-order valence-corrected chi connectivity index (χ1v) is 10.6. The summed E-state index contributed by atoms with van der Waals surface area (Å²) in [4.78, 5) is 13.9. The van der Waals surface area contributed by atoms with Gasteiger partial charge in [-0.2, -0.15) is 5.26 Å². The molecular formula is C21H23N3O4S2. The van der Waals surface area contributed by atoms with E-state index in [9.17, 15) is 10.1 Å². The molecular weight excluding hydrogens is 422 g/mol. The summed E-state index contributed by atoms with van der Waals surface area (Å²) < 4.78 is 15.9. The van der Waals surface area contributed by atoms with Gasteiger partial charge in [-0.1, -0.05) is 6.92 Å². The van der Waals surface area contributed by atoms with Crippen molar-refractivity contribution in [3.63, 3.8) is 0 Å². The van der Waals surface area contributed by atoms with E-state index >= 15 is 0 Å². The summed E-state index contributed by atoms with van der Waals surface area (Å²) >= 11 is 6.85. The van der Waals surface area contributed by atoms with E-state index < -0.39 is 5.91 Å². The number of hydrogen-bond donors (Lipinski definition) is 2. The summed E-state index contributed by atoms with van der Waals surface area (Å²) in [5.41, 5.74) is 2.02. The van der Waals surface area contributed by atoms with Crippen LogP contribution in [0.5, 0.6) is 17.2 Å². The number of amides is 1. The summed E-state index contributed by atoms with van der Waals surface area (Å²) in [5.74, 6) is 1.30. The molecule has 1 amide bonds. The molecule has 0 spiro atoms. The van der Waals surface area contributed by atoms with E-state index in [0.717, 1.165) is 24.8 Å². The summed E-state index contributed by atoms with van der Waals surface area (Å²) in [6.07, 6.45) is 2.92. The predicted octanol–water partition coefficient (Wildman–Crippen LogP) is 3.90. The minimum atomic E-state index is -0.430. The third kappa shape index (κ3) is 4.35. The van der Waals surface area contributed by atoms with Crippen molar-refractivity contribution in [2.75, 3.05) is 26.6 Å². The Hall–Kier alpha value is -2.83. The molecule has 0 aliphatic heterocycles. The topological polar surface area (TPSA) is 92.6 Å². The average Bonchev–Trinajstić information content (AvgIpc) is 3.07. The van der Waals surface area contributed by atoms with E-state index in [1.165, 1.54) is 37.5 Å². The molecule has 0 radical (unpaired) electrons. The summed E-state index contributed by atoms with van der Waals surface area (Å²) in [6, 6.07) is 5.37. The maximum absolute atomic E-state index is 12.7. The highest BCUT2D eigenvalue weighted by Gasteiger charge is 2.25. The number of thiocarbonyl (C=S) groups is 1. The number of fused-ring (bicyclic) bond motifs is 1. The molecule has 0 unspecified atom stereocenters. The molecule has 30 heavy (non-hydrogen) atoms. The number of nitriles is 1. The number of methoxy groups -OCH3 is 3. The van der Waals surface area contributed by atoms with Gasteiger partial charge in [0.05, 0.1) is 26.9 Å². The molecule has 2 aromatic rings. The molecule has 0 fully saturated rings. The Morgan fingerprint density at radius 1 is 1.23 bits per heavy atom. The van der Waals surface area contributed by atoms with Gasteiger partial charge in [-0.15, -0.1) is 11.3 Å². The first-order valence-electron chi connectivity index (χ1n) is 9.38. The zero-order chi connectivity index (χ0) is 21.8. The van der Waals surface area contributed by atoms with Gasteiger partial charge in [-0.3, -0.25) is 10.1 Å². The lowest BCUT2D eigenvalue weighted by Crippen LogP contribution is -2.34. The SMILES string of the molecule is COc1cc(C(=O)NC(=S)Nc2sc3c(c2C#N)CC[C@H](C)C3)cc(OC)c1OC. The fourth-order valence-corrected chi connectivity index (χ4v) is 5.10. The van der Waals surface area contributed by atoms with Gasteiger partial charge in [0.2, 0.25) is 5.75 Å². The van der Waals surface area contributed by atoms with Crippen molar-refractivity contribution < 1.29 is 19.0 Å². The molecule has 0 saturated heterocycles. The van der Waals surface area contributed by atoms with Crippen LogP contribution in [0.1, 0.15) is 39.7 Å². The molecule has 158 valence electrons. The monoisotopic (exact) mass is 445 g/mol. The zero-order valence-corrected chi connectivity index (χ0v) is 18.9. The molecule has 1 aliphatic carbocycles. The first kappa shape index (κ1) is 21.9. The van der Waals surface area contributed by atoms with Crippen LogP contribution < -0.4 is 24.8 Å². The second-order valence-corrected chi connectivity index (χ2v) is 8.50. The highest BCUT2D eigenvalue weighted by molar-refractivity contribution is 7.80. The van der Waals surface area contributed by atoms with Gasteiger partial charge in [0.25, 0.3) is 5.91 Å². The number of carbonyl (C=O) groups excluding carboxylic acids is 1. The van der Waals surface area contributed by atoms with Crippen molar-refractivity contribution in [1.29, 1.82) is 5.26 Å². The second kappa shape index (κ2) is 9.32. The van der Waals surface area contributed by atoms with E-state index in [4.69, 9.17) is 26.4 Å². The number of carbonyl (C=O) groups is 1. The van der Waals surface area contributed by atoms with Crippen LogP contribution in [0, 0.1) is 17.2 Å². The number of benzene rings is 1. The van der Waals surface area contributed by atoms with Gasteiger partial charge in [-0.25, -0.2) is 0 Å². The quantitative estimate of drug-likeness (QED) is 0.674. The molecule has 1 aromatic heterocycles. The van der Waals surface area contributed by atoms with Crippen LogP contribution in [0.4, 0.5) is 5.00 Å². The largest absolute Gasteiger partial charge is 0.493 e. The third-order valence-corrected chi connectivity index (χ3v) is 6.38. The average molecular weight is 446 g/mol. The standard InChI is InChI=1S/C21H23N3O4S2/c1-11-5-6-13-14(10-22)20(30-17(13)7-11)24-21(29)23-19(25)12-8-15(26-2)18(28-4)16(9-12)27-3/h8-9,11H,5-7H2,1-4H3,(H2,23,24,25,29)/t11-/m0/s1. The van der Waals surface area contributed by atoms with Crippen molar-refractivity contribution in [2.24, 2.45) is 5.92 Å². The van der Waals surface area contributed by atoms with Crippen LogP contribution >= 0.6 is 23.6 Å². The molecule has 1 aliphatic rings. The number of thiophene rings is 1. The van der Waals surface area contributed by atoms with Gasteiger partial charge in [0.15, 0.2) is 16.6 Å². The molecule has 1 atom stereocenters. The predicted molar refractivity (Wildman–Crippen MR) is 120 cm³/mol. The van der Waals surface area contributed by atoms with Crippen molar-refractivity contribution in [3.05, 3.63) is 33.7 Å². The van der Waals surface area contributed by atoms with Crippen molar-refractivity contribution in [1.82, 2.24) is 5.32 Å². The molecule has 1 heterocycles. The second-order valence-electron chi connectivity index (χ2n) is 6.99. The van der Waals surface area contributed by atoms with Crippen molar-refractivity contribution in [2.45, 2.75) is 26.2 Å². The lowest BCUT2D eigenvalue weighted by molar-refractivity contribution is 0.0977. The summed E-state index contributed by atoms with van der Waals surface area (Å²) in [7, 11) is 4.45. The van der Waals surface area contributed by atoms with Gasteiger partial charge < -0.3 is 19.5 Å². The Labute approximate surface area is 184 Å². The molecule has 0 bridgehead atoms. The molecule has 7 nitrogen and oxygen atoms in total. The van der Waals surface area contributed by atoms with Crippen LogP contribution in [0.25, 0.3) is 0 Å². The van der Waals surface area contributed by atoms with E-state index in [0.29, 0.717) is 39.3 Å². The maximum Gasteiger partial charge on any atom is 0.257 e. The molecule has 3 rings (SSSR count). The van der Waals surface area contributed by atoms with Crippen LogP contribution in [0.15, 0.2) is 12.1 Å². The van der Waals surface area contributed by atoms with Gasteiger partial charge in [-0.05, 0) is 55.1 Å². The molecule has 1 aromatic carbocycles. The van der Waals surface area contributed by atoms with Gasteiger partial charge in [0, 0.05) is 10.4 Å². The number of ether oxygens (including phenoxy) is 3. The van der Waals surface area contributed by atoms with Crippen LogP contribution in [0.2, 0.25) is 0 Å². The number of nitrogens with one attached hydrogen (secondary N) is 2. The molecule has 9 heteroatoms. The lowest BCUT2D eigenvalue weighted by atomic mass is 9.89. The fourth-order valence-electron chi connectivity index (χ4n) is 3.48. The van der Waals surface area contributed by atoms with Crippen LogP contribution in [-0.4, -0.2) is 32.3 Å². The number of rotatable bonds is 5. The lowest BCUT2D eigenvalue weighted by Gasteiger charge is -2.17. The van der Waals surface area contributed by atoms with E-state index in [1.807, 2.05) is 0 Å². The first-order chi connectivity index (χ1) is 14.4. The highest BCUT2D eigenvalue weighted by atomic mass is 32.1. The Morgan fingerprint density at radius 2 is 1.90 bits per heavy atom. The van der Waals surface area contributed by atoms with Crippen molar-refractivity contribution >= 4 is 39.6 Å². The minimum Gasteiger partial charge on any atom is -0.493 e. The van der Waals surface area contributed by atoms with Gasteiger partial charge >= 0.3 is 0 Å². The molecule has 0 saturated carbocycles. The van der Waals surface area contributed by atoms with Gasteiger partial charge in [0.1, 0.15) is 11.1 Å². The Balaban J connectivity index is 1.78. The normalized spacial score (nSPS) is 14.8. The van der Waals surface area contributed by atoms with E-state index in [1.54, 1.807) is 12.1 Å². The van der Waals surface area contributed by atoms with Crippen molar-refractivity contribution in [3.8, 4) is 23.3 Å². The van der Waals surface area contributed by atoms with Crippen LogP contribution in [-0.2, 0) is 12.8 Å². The summed E-state index contributed by atoms with van der Waals surface area (Å²) in [5, 5.41) is 16.1. The Bertz CT molecular complexity index is 1000. The third-order valence-electron chi connectivity index (χ3n) is 5.00. The summed E-state index contributed by atoms with van der Waals surface area (Å²) in [6.45, 7) is 2.21. The highest BCUT2D eigenvalue weighted by Crippen LogP contribution is 2.40. The fraction of sp³-hybridized carbons (Fsp3) is 0.381. The smallest absolute Gasteiger partial charge is 0.257 e. The Morgan fingerprint density at radius 3 is 2.47 bits per heavy atom. The number of hydrogen-bond acceptors (Lipinski definition) is 7. The van der Waals surface area contributed by atoms with Crippen LogP contribution in [0.3, 0.4) is 0 Å².